The zero-order chi connectivity index (χ0) is 14.8. The first-order valence-electron chi connectivity index (χ1n) is 7.20. The van der Waals surface area contributed by atoms with Crippen LogP contribution in [-0.4, -0.2) is 34.9 Å². The molecule has 1 aromatic carbocycles. The van der Waals surface area contributed by atoms with Crippen molar-refractivity contribution < 1.29 is 9.21 Å². The van der Waals surface area contributed by atoms with Crippen LogP contribution in [0, 0.1) is 6.92 Å². The lowest BCUT2D eigenvalue weighted by atomic mass is 10.0. The summed E-state index contributed by atoms with van der Waals surface area (Å²) in [5.74, 6) is 0.425. The Kier molecular flexibility index (Phi) is 7.06. The van der Waals surface area contributed by atoms with Gasteiger partial charge in [0.05, 0.1) is 0 Å². The first-order valence-corrected chi connectivity index (χ1v) is 7.20. The Hall–Kier alpha value is -1.56. The number of nitrogens with zero attached hydrogens (tertiary/aromatic N) is 2. The molecule has 1 aromatic heterocycles. The van der Waals surface area contributed by atoms with Gasteiger partial charge in [-0.2, -0.15) is 0 Å². The summed E-state index contributed by atoms with van der Waals surface area (Å²) in [6.45, 7) is 3.33. The minimum absolute atomic E-state index is 0. The van der Waals surface area contributed by atoms with Crippen LogP contribution < -0.4 is 5.73 Å². The number of aromatic nitrogens is 1. The number of benzene rings is 1. The van der Waals surface area contributed by atoms with E-state index in [1.165, 1.54) is 6.39 Å². The number of oxazole rings is 1. The Bertz CT molecular complexity index is 643. The number of carbonyl (C=O) groups excluding carboxylic acids is 1. The molecule has 0 radical (unpaired) electrons. The summed E-state index contributed by atoms with van der Waals surface area (Å²) in [6.07, 6.45) is 3.23. The molecule has 5 nitrogen and oxygen atoms in total. The number of amides is 1. The van der Waals surface area contributed by atoms with Gasteiger partial charge in [-0.3, -0.25) is 4.79 Å². The van der Waals surface area contributed by atoms with Crippen LogP contribution in [0.4, 0.5) is 0 Å². The van der Waals surface area contributed by atoms with Gasteiger partial charge in [-0.15, -0.1) is 24.8 Å². The SMILES string of the molecule is Cc1ccc(-c2ocnc2C(=O)N2CCCC(N)C2)cc1.Cl.Cl. The molecule has 7 heteroatoms. The van der Waals surface area contributed by atoms with E-state index in [0.717, 1.165) is 30.5 Å². The number of hydrogen-bond donors (Lipinski definition) is 1. The molecule has 1 atom stereocenters. The number of halogens is 2. The van der Waals surface area contributed by atoms with Crippen molar-refractivity contribution in [3.8, 4) is 11.3 Å². The van der Waals surface area contributed by atoms with Crippen molar-refractivity contribution in [2.45, 2.75) is 25.8 Å². The van der Waals surface area contributed by atoms with Gasteiger partial charge in [-0.05, 0) is 19.8 Å². The van der Waals surface area contributed by atoms with Crippen LogP contribution in [0.2, 0.25) is 0 Å². The highest BCUT2D eigenvalue weighted by Crippen LogP contribution is 2.25. The summed E-state index contributed by atoms with van der Waals surface area (Å²) in [4.78, 5) is 18.5. The van der Waals surface area contributed by atoms with E-state index >= 15 is 0 Å². The number of aryl methyl sites for hydroxylation is 1. The molecule has 23 heavy (non-hydrogen) atoms. The fourth-order valence-corrected chi connectivity index (χ4v) is 2.65. The fraction of sp³-hybridized carbons (Fsp3) is 0.375. The van der Waals surface area contributed by atoms with Gasteiger partial charge in [0.25, 0.3) is 5.91 Å². The second kappa shape index (κ2) is 8.34. The highest BCUT2D eigenvalue weighted by Gasteiger charge is 2.27. The van der Waals surface area contributed by atoms with E-state index in [0.29, 0.717) is 18.0 Å². The van der Waals surface area contributed by atoms with Crippen molar-refractivity contribution in [3.05, 3.63) is 41.9 Å². The third kappa shape index (κ3) is 4.25. The maximum Gasteiger partial charge on any atom is 0.276 e. The third-order valence-corrected chi connectivity index (χ3v) is 3.83. The Labute approximate surface area is 148 Å². The largest absolute Gasteiger partial charge is 0.443 e. The van der Waals surface area contributed by atoms with Crippen molar-refractivity contribution in [2.24, 2.45) is 5.73 Å². The predicted molar refractivity (Wildman–Crippen MR) is 94.3 cm³/mol. The quantitative estimate of drug-likeness (QED) is 0.896. The average Bonchev–Trinajstić information content (AvgIpc) is 2.96. The van der Waals surface area contributed by atoms with E-state index in [1.807, 2.05) is 31.2 Å². The van der Waals surface area contributed by atoms with Gasteiger partial charge in [0.2, 0.25) is 0 Å². The molecular weight excluding hydrogens is 337 g/mol. The number of hydrogen-bond acceptors (Lipinski definition) is 4. The molecule has 1 amide bonds. The molecular formula is C16H21Cl2N3O2. The molecule has 126 valence electrons. The van der Waals surface area contributed by atoms with Crippen molar-refractivity contribution in [2.75, 3.05) is 13.1 Å². The van der Waals surface area contributed by atoms with Gasteiger partial charge in [-0.25, -0.2) is 4.98 Å². The van der Waals surface area contributed by atoms with Gasteiger partial charge in [0.1, 0.15) is 0 Å². The number of carbonyl (C=O) groups is 1. The normalized spacial score (nSPS) is 17.1. The number of likely N-dealkylation sites (tertiary alicyclic amines) is 1. The summed E-state index contributed by atoms with van der Waals surface area (Å²) < 4.78 is 5.44. The molecule has 2 heterocycles. The molecule has 0 aliphatic carbocycles. The molecule has 1 saturated heterocycles. The van der Waals surface area contributed by atoms with Crippen molar-refractivity contribution in [1.29, 1.82) is 0 Å². The molecule has 0 saturated carbocycles. The number of nitrogens with two attached hydrogens (primary N) is 1. The van der Waals surface area contributed by atoms with Crippen molar-refractivity contribution in [1.82, 2.24) is 9.88 Å². The molecule has 1 unspecified atom stereocenters. The third-order valence-electron chi connectivity index (χ3n) is 3.83. The second-order valence-corrected chi connectivity index (χ2v) is 5.55. The summed E-state index contributed by atoms with van der Waals surface area (Å²) >= 11 is 0. The van der Waals surface area contributed by atoms with Crippen LogP contribution in [0.1, 0.15) is 28.9 Å². The Morgan fingerprint density at radius 2 is 2.00 bits per heavy atom. The van der Waals surface area contributed by atoms with E-state index in [1.54, 1.807) is 4.90 Å². The lowest BCUT2D eigenvalue weighted by Gasteiger charge is -2.30. The predicted octanol–water partition coefficient (Wildman–Crippen LogP) is 3.06. The molecule has 1 aliphatic heterocycles. The minimum Gasteiger partial charge on any atom is -0.443 e. The average molecular weight is 358 g/mol. The lowest BCUT2D eigenvalue weighted by molar-refractivity contribution is 0.0704. The van der Waals surface area contributed by atoms with E-state index in [9.17, 15) is 4.79 Å². The zero-order valence-electron chi connectivity index (χ0n) is 12.9. The minimum atomic E-state index is -0.102. The van der Waals surface area contributed by atoms with Gasteiger partial charge in [0.15, 0.2) is 17.8 Å². The zero-order valence-corrected chi connectivity index (χ0v) is 14.5. The standard InChI is InChI=1S/C16H19N3O2.2ClH/c1-11-4-6-12(7-5-11)15-14(18-10-21-15)16(20)19-8-2-3-13(17)9-19;;/h4-7,10,13H,2-3,8-9,17H2,1H3;2*1H. The fourth-order valence-electron chi connectivity index (χ4n) is 2.65. The van der Waals surface area contributed by atoms with Gasteiger partial charge < -0.3 is 15.1 Å². The van der Waals surface area contributed by atoms with Crippen LogP contribution in [0.5, 0.6) is 0 Å². The topological polar surface area (TPSA) is 72.4 Å². The van der Waals surface area contributed by atoms with E-state index in [-0.39, 0.29) is 36.8 Å². The van der Waals surface area contributed by atoms with E-state index in [4.69, 9.17) is 10.2 Å². The van der Waals surface area contributed by atoms with Crippen LogP contribution in [0.25, 0.3) is 11.3 Å². The van der Waals surface area contributed by atoms with Gasteiger partial charge >= 0.3 is 0 Å². The highest BCUT2D eigenvalue weighted by atomic mass is 35.5. The van der Waals surface area contributed by atoms with Gasteiger partial charge in [-0.1, -0.05) is 29.8 Å². The summed E-state index contributed by atoms with van der Waals surface area (Å²) in [5.41, 5.74) is 8.34. The molecule has 0 spiro atoms. The summed E-state index contributed by atoms with van der Waals surface area (Å²) in [5, 5.41) is 0. The molecule has 1 aliphatic rings. The maximum atomic E-state index is 12.6. The Morgan fingerprint density at radius 1 is 1.30 bits per heavy atom. The van der Waals surface area contributed by atoms with Gasteiger partial charge in [0, 0.05) is 24.7 Å². The lowest BCUT2D eigenvalue weighted by Crippen LogP contribution is -2.45. The van der Waals surface area contributed by atoms with E-state index in [2.05, 4.69) is 4.98 Å². The monoisotopic (exact) mass is 357 g/mol. The maximum absolute atomic E-state index is 12.6. The highest BCUT2D eigenvalue weighted by molar-refractivity contribution is 5.97. The second-order valence-electron chi connectivity index (χ2n) is 5.55. The molecule has 2 aromatic rings. The molecule has 0 bridgehead atoms. The smallest absolute Gasteiger partial charge is 0.276 e. The van der Waals surface area contributed by atoms with Crippen molar-refractivity contribution >= 4 is 30.7 Å². The van der Waals surface area contributed by atoms with Crippen LogP contribution in [0.15, 0.2) is 35.1 Å². The van der Waals surface area contributed by atoms with Crippen LogP contribution >= 0.6 is 24.8 Å². The first-order chi connectivity index (χ1) is 10.1. The Morgan fingerprint density at radius 3 is 2.65 bits per heavy atom. The molecule has 3 rings (SSSR count). The Balaban J connectivity index is 0.00000132. The first kappa shape index (κ1) is 19.5. The van der Waals surface area contributed by atoms with Crippen molar-refractivity contribution in [3.63, 3.8) is 0 Å². The number of rotatable bonds is 2. The summed E-state index contributed by atoms with van der Waals surface area (Å²) in [7, 11) is 0. The number of piperidine rings is 1. The summed E-state index contributed by atoms with van der Waals surface area (Å²) in [6, 6.07) is 7.91. The van der Waals surface area contributed by atoms with Crippen LogP contribution in [-0.2, 0) is 0 Å². The molecule has 2 N–H and O–H groups in total. The van der Waals surface area contributed by atoms with E-state index < -0.39 is 0 Å². The van der Waals surface area contributed by atoms with Crippen LogP contribution in [0.3, 0.4) is 0 Å². The molecule has 1 fully saturated rings.